The highest BCUT2D eigenvalue weighted by molar-refractivity contribution is 6.45. The molecule has 3 N–H and O–H groups in total. The Balaban J connectivity index is 2.01. The van der Waals surface area contributed by atoms with Crippen molar-refractivity contribution in [1.29, 1.82) is 0 Å². The summed E-state index contributed by atoms with van der Waals surface area (Å²) in [5, 5.41) is 23.5. The zero-order valence-electron chi connectivity index (χ0n) is 15.8. The van der Waals surface area contributed by atoms with E-state index in [4.69, 9.17) is 23.2 Å². The van der Waals surface area contributed by atoms with E-state index >= 15 is 0 Å². The third-order valence-corrected chi connectivity index (χ3v) is 5.81. The van der Waals surface area contributed by atoms with Crippen molar-refractivity contribution in [2.75, 3.05) is 6.54 Å². The second-order valence-electron chi connectivity index (χ2n) is 7.90. The highest BCUT2D eigenvalue weighted by atomic mass is 35.5. The molecule has 1 aliphatic rings. The van der Waals surface area contributed by atoms with Crippen molar-refractivity contribution in [3.63, 3.8) is 0 Å². The maximum absolute atomic E-state index is 12.4. The van der Waals surface area contributed by atoms with Gasteiger partial charge in [0.1, 0.15) is 5.69 Å². The summed E-state index contributed by atoms with van der Waals surface area (Å²) >= 11 is 12.9. The van der Waals surface area contributed by atoms with Crippen molar-refractivity contribution >= 4 is 40.0 Å². The lowest BCUT2D eigenvalue weighted by molar-refractivity contribution is -0.120. The summed E-state index contributed by atoms with van der Waals surface area (Å²) in [4.78, 5) is 17.3. The van der Waals surface area contributed by atoms with Crippen molar-refractivity contribution in [3.05, 3.63) is 33.6 Å². The van der Waals surface area contributed by atoms with Gasteiger partial charge in [0.05, 0.1) is 33.8 Å². The van der Waals surface area contributed by atoms with Crippen LogP contribution in [0.1, 0.15) is 37.4 Å². The zero-order valence-corrected chi connectivity index (χ0v) is 17.3. The molecular weight excluding hydrogens is 401 g/mol. The number of aromatic amines is 1. The van der Waals surface area contributed by atoms with Crippen LogP contribution in [0.4, 0.5) is 0 Å². The van der Waals surface area contributed by atoms with Gasteiger partial charge in [0.25, 0.3) is 0 Å². The molecular formula is C19H21Cl2N5O2. The van der Waals surface area contributed by atoms with Crippen LogP contribution in [0.2, 0.25) is 10.0 Å². The van der Waals surface area contributed by atoms with Gasteiger partial charge < -0.3 is 15.4 Å². The SMILES string of the molecule is Cn1ncc(-c2cc(Cl)c(Cl)c3[nH]c4c(c23)CC(=O)NCC4CC(C)(C)O)n1. The van der Waals surface area contributed by atoms with E-state index in [2.05, 4.69) is 20.5 Å². The van der Waals surface area contributed by atoms with E-state index < -0.39 is 5.60 Å². The van der Waals surface area contributed by atoms with E-state index in [0.717, 1.165) is 22.2 Å². The smallest absolute Gasteiger partial charge is 0.224 e. The van der Waals surface area contributed by atoms with Gasteiger partial charge in [0.15, 0.2) is 0 Å². The maximum Gasteiger partial charge on any atom is 0.224 e. The van der Waals surface area contributed by atoms with Crippen LogP contribution in [0, 0.1) is 0 Å². The number of carbonyl (C=O) groups excluding carboxylic acids is 1. The van der Waals surface area contributed by atoms with Crippen molar-refractivity contribution < 1.29 is 9.90 Å². The number of H-pyrrole nitrogens is 1. The molecule has 3 heterocycles. The first-order valence-corrected chi connectivity index (χ1v) is 9.78. The van der Waals surface area contributed by atoms with Gasteiger partial charge in [0, 0.05) is 36.2 Å². The Kier molecular flexibility index (Phi) is 4.64. The minimum atomic E-state index is -0.885. The second kappa shape index (κ2) is 6.76. The fourth-order valence-corrected chi connectivity index (χ4v) is 4.34. The van der Waals surface area contributed by atoms with Crippen LogP contribution in [0.3, 0.4) is 0 Å². The minimum absolute atomic E-state index is 0.0726. The van der Waals surface area contributed by atoms with E-state index in [1.165, 1.54) is 4.80 Å². The van der Waals surface area contributed by atoms with Gasteiger partial charge in [-0.05, 0) is 31.9 Å². The molecule has 0 bridgehead atoms. The summed E-state index contributed by atoms with van der Waals surface area (Å²) < 4.78 is 0. The van der Waals surface area contributed by atoms with E-state index in [1.54, 1.807) is 33.2 Å². The minimum Gasteiger partial charge on any atom is -0.390 e. The normalized spacial score (nSPS) is 17.5. The molecule has 1 aliphatic heterocycles. The Morgan fingerprint density at radius 3 is 2.79 bits per heavy atom. The predicted octanol–water partition coefficient (Wildman–Crippen LogP) is 3.19. The van der Waals surface area contributed by atoms with Crippen molar-refractivity contribution in [1.82, 2.24) is 25.3 Å². The first kappa shape index (κ1) is 19.2. The molecule has 9 heteroatoms. The Hall–Kier alpha value is -2.09. The van der Waals surface area contributed by atoms with Gasteiger partial charge in [-0.1, -0.05) is 23.2 Å². The number of rotatable bonds is 3. The van der Waals surface area contributed by atoms with Crippen LogP contribution in [0.15, 0.2) is 12.3 Å². The number of amides is 1. The Morgan fingerprint density at radius 2 is 2.14 bits per heavy atom. The third-order valence-electron chi connectivity index (χ3n) is 5.02. The topological polar surface area (TPSA) is 95.8 Å². The molecule has 148 valence electrons. The second-order valence-corrected chi connectivity index (χ2v) is 8.69. The van der Waals surface area contributed by atoms with Gasteiger partial charge in [-0.15, -0.1) is 0 Å². The molecule has 7 nitrogen and oxygen atoms in total. The number of carbonyl (C=O) groups is 1. The molecule has 0 radical (unpaired) electrons. The zero-order chi connectivity index (χ0) is 20.2. The van der Waals surface area contributed by atoms with Gasteiger partial charge >= 0.3 is 0 Å². The lowest BCUT2D eigenvalue weighted by atomic mass is 9.88. The monoisotopic (exact) mass is 421 g/mol. The van der Waals surface area contributed by atoms with Crippen molar-refractivity contribution in [2.45, 2.75) is 38.2 Å². The van der Waals surface area contributed by atoms with Gasteiger partial charge in [0.2, 0.25) is 5.91 Å². The largest absolute Gasteiger partial charge is 0.390 e. The number of fused-ring (bicyclic) bond motifs is 3. The fourth-order valence-electron chi connectivity index (χ4n) is 3.94. The van der Waals surface area contributed by atoms with Crippen LogP contribution in [-0.2, 0) is 18.3 Å². The first-order valence-electron chi connectivity index (χ1n) is 9.02. The molecule has 1 unspecified atom stereocenters. The molecule has 2 aromatic heterocycles. The van der Waals surface area contributed by atoms with Crippen LogP contribution in [0.5, 0.6) is 0 Å². The average molecular weight is 422 g/mol. The molecule has 1 amide bonds. The van der Waals surface area contributed by atoms with Crippen LogP contribution < -0.4 is 5.32 Å². The van der Waals surface area contributed by atoms with E-state index in [1.807, 2.05) is 0 Å². The molecule has 0 saturated heterocycles. The molecule has 0 fully saturated rings. The third kappa shape index (κ3) is 3.38. The number of aromatic nitrogens is 4. The molecule has 1 atom stereocenters. The molecule has 0 aliphatic carbocycles. The molecule has 0 spiro atoms. The molecule has 4 rings (SSSR count). The number of nitrogens with zero attached hydrogens (tertiary/aromatic N) is 3. The van der Waals surface area contributed by atoms with Gasteiger partial charge in [-0.2, -0.15) is 15.0 Å². The Morgan fingerprint density at radius 1 is 1.39 bits per heavy atom. The predicted molar refractivity (Wildman–Crippen MR) is 109 cm³/mol. The molecule has 0 saturated carbocycles. The number of aryl methyl sites for hydroxylation is 1. The number of benzene rings is 1. The van der Waals surface area contributed by atoms with Gasteiger partial charge in [-0.25, -0.2) is 0 Å². The van der Waals surface area contributed by atoms with Crippen molar-refractivity contribution in [3.8, 4) is 11.3 Å². The van der Waals surface area contributed by atoms with Crippen LogP contribution in [0.25, 0.3) is 22.2 Å². The van der Waals surface area contributed by atoms with E-state index in [-0.39, 0.29) is 18.2 Å². The summed E-state index contributed by atoms with van der Waals surface area (Å²) in [6.07, 6.45) is 2.35. The summed E-state index contributed by atoms with van der Waals surface area (Å²) in [5.74, 6) is -0.157. The van der Waals surface area contributed by atoms with Gasteiger partial charge in [-0.3, -0.25) is 4.79 Å². The quantitative estimate of drug-likeness (QED) is 0.604. The van der Waals surface area contributed by atoms with E-state index in [0.29, 0.717) is 34.2 Å². The van der Waals surface area contributed by atoms with E-state index in [9.17, 15) is 9.90 Å². The maximum atomic E-state index is 12.4. The molecule has 3 aromatic rings. The average Bonchev–Trinajstić information content (AvgIpc) is 3.15. The van der Waals surface area contributed by atoms with Crippen LogP contribution in [-0.4, -0.2) is 43.1 Å². The highest BCUT2D eigenvalue weighted by Crippen LogP contribution is 2.43. The summed E-state index contributed by atoms with van der Waals surface area (Å²) in [6, 6.07) is 1.76. The summed E-state index contributed by atoms with van der Waals surface area (Å²) in [7, 11) is 1.74. The Labute approximate surface area is 172 Å². The Bertz CT molecular complexity index is 1080. The number of hydrogen-bond acceptors (Lipinski definition) is 4. The number of aliphatic hydroxyl groups is 1. The fraction of sp³-hybridized carbons (Fsp3) is 0.421. The number of hydrogen-bond donors (Lipinski definition) is 3. The lowest BCUT2D eigenvalue weighted by Crippen LogP contribution is -2.30. The number of nitrogens with one attached hydrogen (secondary N) is 2. The summed E-state index contributed by atoms with van der Waals surface area (Å²) in [5.41, 5.74) is 2.96. The summed E-state index contributed by atoms with van der Waals surface area (Å²) in [6.45, 7) is 3.96. The lowest BCUT2D eigenvalue weighted by Gasteiger charge is -2.24. The first-order chi connectivity index (χ1) is 13.1. The standard InChI is InChI=1S/C19H21Cl2N5O2/c1-19(2,28)6-9-7-22-14(27)5-11-15-10(13-8-23-26(3)25-13)4-12(20)16(21)18(15)24-17(9)11/h4,8-9,24,28H,5-7H2,1-3H3,(H,22,27). The highest BCUT2D eigenvalue weighted by Gasteiger charge is 2.32. The molecule has 1 aromatic carbocycles. The number of halogens is 2. The molecule has 28 heavy (non-hydrogen) atoms. The van der Waals surface area contributed by atoms with Crippen molar-refractivity contribution in [2.24, 2.45) is 7.05 Å². The van der Waals surface area contributed by atoms with Crippen LogP contribution >= 0.6 is 23.2 Å².